The van der Waals surface area contributed by atoms with Gasteiger partial charge in [0.15, 0.2) is 11.5 Å². The highest BCUT2D eigenvalue weighted by atomic mass is 16.5. The minimum absolute atomic E-state index is 0.360. The van der Waals surface area contributed by atoms with E-state index in [-0.39, 0.29) is 0 Å². The molecule has 25 heavy (non-hydrogen) atoms. The van der Waals surface area contributed by atoms with Crippen molar-refractivity contribution in [3.05, 3.63) is 59.2 Å². The normalized spacial score (nSPS) is 16.8. The largest absolute Gasteiger partial charge is 0.493 e. The number of methoxy groups -OCH3 is 1. The van der Waals surface area contributed by atoms with Gasteiger partial charge in [-0.05, 0) is 48.6 Å². The SMILES string of the molecule is COc1cc(CNCC2CCCO2)ccc1OCc1ccccc1C. The second-order valence-corrected chi connectivity index (χ2v) is 6.47. The third-order valence-electron chi connectivity index (χ3n) is 4.60. The maximum absolute atomic E-state index is 5.97. The molecule has 1 aliphatic rings. The summed E-state index contributed by atoms with van der Waals surface area (Å²) in [7, 11) is 1.68. The summed E-state index contributed by atoms with van der Waals surface area (Å²) in [5.74, 6) is 1.54. The minimum Gasteiger partial charge on any atom is -0.493 e. The molecule has 3 rings (SSSR count). The number of hydrogen-bond acceptors (Lipinski definition) is 4. The fourth-order valence-corrected chi connectivity index (χ4v) is 3.05. The molecule has 4 nitrogen and oxygen atoms in total. The van der Waals surface area contributed by atoms with E-state index in [4.69, 9.17) is 14.2 Å². The first kappa shape index (κ1) is 17.8. The van der Waals surface area contributed by atoms with Crippen LogP contribution in [0, 0.1) is 6.92 Å². The first-order chi connectivity index (χ1) is 12.3. The van der Waals surface area contributed by atoms with Crippen LogP contribution in [0.15, 0.2) is 42.5 Å². The van der Waals surface area contributed by atoms with E-state index in [1.165, 1.54) is 23.1 Å². The van der Waals surface area contributed by atoms with Crippen molar-refractivity contribution in [1.82, 2.24) is 5.32 Å². The highest BCUT2D eigenvalue weighted by Gasteiger charge is 2.14. The maximum atomic E-state index is 5.97. The molecule has 0 radical (unpaired) electrons. The number of nitrogens with one attached hydrogen (secondary N) is 1. The summed E-state index contributed by atoms with van der Waals surface area (Å²) >= 11 is 0. The van der Waals surface area contributed by atoms with Crippen LogP contribution in [-0.4, -0.2) is 26.4 Å². The van der Waals surface area contributed by atoms with Crippen molar-refractivity contribution in [2.75, 3.05) is 20.3 Å². The fourth-order valence-electron chi connectivity index (χ4n) is 3.05. The first-order valence-electron chi connectivity index (χ1n) is 8.93. The molecule has 0 amide bonds. The Morgan fingerprint density at radius 3 is 2.80 bits per heavy atom. The van der Waals surface area contributed by atoms with Crippen molar-refractivity contribution in [2.45, 2.75) is 39.0 Å². The molecule has 4 heteroatoms. The Bertz CT molecular complexity index is 681. The molecule has 1 aliphatic heterocycles. The van der Waals surface area contributed by atoms with Crippen molar-refractivity contribution >= 4 is 0 Å². The molecule has 1 N–H and O–H groups in total. The number of aryl methyl sites for hydroxylation is 1. The Hall–Kier alpha value is -2.04. The molecule has 2 aromatic rings. The van der Waals surface area contributed by atoms with Gasteiger partial charge in [-0.1, -0.05) is 30.3 Å². The number of ether oxygens (including phenoxy) is 3. The Balaban J connectivity index is 1.56. The van der Waals surface area contributed by atoms with Gasteiger partial charge >= 0.3 is 0 Å². The molecule has 1 heterocycles. The van der Waals surface area contributed by atoms with E-state index in [0.29, 0.717) is 12.7 Å². The molecular formula is C21H27NO3. The maximum Gasteiger partial charge on any atom is 0.161 e. The third kappa shape index (κ3) is 4.97. The highest BCUT2D eigenvalue weighted by Crippen LogP contribution is 2.29. The van der Waals surface area contributed by atoms with Gasteiger partial charge in [0, 0.05) is 19.7 Å². The third-order valence-corrected chi connectivity index (χ3v) is 4.60. The standard InChI is InChI=1S/C21H27NO3/c1-16-6-3-4-7-18(16)15-25-20-10-9-17(12-21(20)23-2)13-22-14-19-8-5-11-24-19/h3-4,6-7,9-10,12,19,22H,5,8,11,13-15H2,1-2H3. The second-order valence-electron chi connectivity index (χ2n) is 6.47. The molecule has 0 aliphatic carbocycles. The van der Waals surface area contributed by atoms with Crippen LogP contribution in [0.3, 0.4) is 0 Å². The quantitative estimate of drug-likeness (QED) is 0.792. The van der Waals surface area contributed by atoms with Crippen LogP contribution in [0.2, 0.25) is 0 Å². The Morgan fingerprint density at radius 2 is 2.04 bits per heavy atom. The van der Waals surface area contributed by atoms with Gasteiger partial charge in [0.05, 0.1) is 13.2 Å². The number of benzene rings is 2. The second kappa shape index (κ2) is 8.88. The molecule has 0 spiro atoms. The molecule has 1 atom stereocenters. The van der Waals surface area contributed by atoms with E-state index >= 15 is 0 Å². The summed E-state index contributed by atoms with van der Waals surface area (Å²) in [6.45, 7) is 5.23. The molecule has 0 bridgehead atoms. The zero-order valence-corrected chi connectivity index (χ0v) is 15.1. The minimum atomic E-state index is 0.360. The molecule has 134 valence electrons. The Kier molecular flexibility index (Phi) is 6.31. The average molecular weight is 341 g/mol. The van der Waals surface area contributed by atoms with Crippen molar-refractivity contribution in [2.24, 2.45) is 0 Å². The highest BCUT2D eigenvalue weighted by molar-refractivity contribution is 5.43. The lowest BCUT2D eigenvalue weighted by molar-refractivity contribution is 0.110. The number of rotatable bonds is 8. The van der Waals surface area contributed by atoms with Crippen molar-refractivity contribution in [3.63, 3.8) is 0 Å². The van der Waals surface area contributed by atoms with Crippen molar-refractivity contribution in [3.8, 4) is 11.5 Å². The molecule has 0 aromatic heterocycles. The predicted octanol–water partition coefficient (Wildman–Crippen LogP) is 3.85. The summed E-state index contributed by atoms with van der Waals surface area (Å²) in [5, 5.41) is 3.46. The van der Waals surface area contributed by atoms with Gasteiger partial charge in [-0.15, -0.1) is 0 Å². The fraction of sp³-hybridized carbons (Fsp3) is 0.429. The summed E-state index contributed by atoms with van der Waals surface area (Å²) in [6.07, 6.45) is 2.69. The van der Waals surface area contributed by atoms with Crippen molar-refractivity contribution < 1.29 is 14.2 Å². The molecular weight excluding hydrogens is 314 g/mol. The summed E-state index contributed by atoms with van der Waals surface area (Å²) in [5.41, 5.74) is 3.60. The van der Waals surface area contributed by atoms with Gasteiger partial charge < -0.3 is 19.5 Å². The van der Waals surface area contributed by atoms with E-state index in [0.717, 1.165) is 37.6 Å². The van der Waals surface area contributed by atoms with Crippen LogP contribution in [0.5, 0.6) is 11.5 Å². The van der Waals surface area contributed by atoms with E-state index in [2.05, 4.69) is 30.4 Å². The Labute approximate surface area is 150 Å². The van der Waals surface area contributed by atoms with Crippen LogP contribution >= 0.6 is 0 Å². The zero-order valence-electron chi connectivity index (χ0n) is 15.1. The molecule has 1 unspecified atom stereocenters. The van der Waals surface area contributed by atoms with Crippen molar-refractivity contribution in [1.29, 1.82) is 0 Å². The first-order valence-corrected chi connectivity index (χ1v) is 8.93. The monoisotopic (exact) mass is 341 g/mol. The van der Waals surface area contributed by atoms with Crippen LogP contribution < -0.4 is 14.8 Å². The Morgan fingerprint density at radius 1 is 1.16 bits per heavy atom. The van der Waals surface area contributed by atoms with Gasteiger partial charge in [0.1, 0.15) is 6.61 Å². The van der Waals surface area contributed by atoms with Crippen LogP contribution in [0.4, 0.5) is 0 Å². The topological polar surface area (TPSA) is 39.7 Å². The average Bonchev–Trinajstić information content (AvgIpc) is 3.15. The van der Waals surface area contributed by atoms with E-state index in [1.54, 1.807) is 7.11 Å². The predicted molar refractivity (Wildman–Crippen MR) is 99.2 cm³/mol. The van der Waals surface area contributed by atoms with Gasteiger partial charge in [-0.3, -0.25) is 0 Å². The lowest BCUT2D eigenvalue weighted by atomic mass is 10.1. The molecule has 1 fully saturated rings. The van der Waals surface area contributed by atoms with Crippen LogP contribution in [0.1, 0.15) is 29.5 Å². The summed E-state index contributed by atoms with van der Waals surface area (Å²) in [6, 6.07) is 14.4. The lowest BCUT2D eigenvalue weighted by Crippen LogP contribution is -2.25. The summed E-state index contributed by atoms with van der Waals surface area (Å²) in [4.78, 5) is 0. The van der Waals surface area contributed by atoms with Gasteiger partial charge in [0.2, 0.25) is 0 Å². The lowest BCUT2D eigenvalue weighted by Gasteiger charge is -2.14. The summed E-state index contributed by atoms with van der Waals surface area (Å²) < 4.78 is 17.1. The van der Waals surface area contributed by atoms with Gasteiger partial charge in [-0.2, -0.15) is 0 Å². The van der Waals surface area contributed by atoms with Crippen LogP contribution in [0.25, 0.3) is 0 Å². The molecule has 2 aromatic carbocycles. The smallest absolute Gasteiger partial charge is 0.161 e. The van der Waals surface area contributed by atoms with Crippen LogP contribution in [-0.2, 0) is 17.9 Å². The van der Waals surface area contributed by atoms with E-state index in [1.807, 2.05) is 24.3 Å². The van der Waals surface area contributed by atoms with Gasteiger partial charge in [-0.25, -0.2) is 0 Å². The molecule has 0 saturated carbocycles. The zero-order chi connectivity index (χ0) is 17.5. The number of hydrogen-bond donors (Lipinski definition) is 1. The van der Waals surface area contributed by atoms with Gasteiger partial charge in [0.25, 0.3) is 0 Å². The van der Waals surface area contributed by atoms with E-state index in [9.17, 15) is 0 Å². The van der Waals surface area contributed by atoms with E-state index < -0.39 is 0 Å². The molecule has 1 saturated heterocycles.